The number of likely N-dealkylation sites (tertiary alicyclic amines) is 1. The average Bonchev–Trinajstić information content (AvgIpc) is 2.18. The molecule has 1 aliphatic rings. The fraction of sp³-hybridized carbons (Fsp3) is 0.923. The van der Waals surface area contributed by atoms with Gasteiger partial charge in [-0.15, -0.1) is 0 Å². The molecule has 0 radical (unpaired) electrons. The van der Waals surface area contributed by atoms with Crippen molar-refractivity contribution in [3.05, 3.63) is 0 Å². The van der Waals surface area contributed by atoms with E-state index in [-0.39, 0.29) is 13.3 Å². The van der Waals surface area contributed by atoms with Crippen LogP contribution in [0.25, 0.3) is 0 Å². The van der Waals surface area contributed by atoms with E-state index in [1.54, 1.807) is 0 Å². The smallest absolute Gasteiger partial charge is 0.217 e. The van der Waals surface area contributed by atoms with Crippen LogP contribution in [0.5, 0.6) is 0 Å². The van der Waals surface area contributed by atoms with E-state index in [1.807, 2.05) is 0 Å². The van der Waals surface area contributed by atoms with Crippen molar-refractivity contribution in [1.82, 2.24) is 4.90 Å². The molecule has 1 aliphatic heterocycles. The molecule has 2 N–H and O–H groups in total. The topological polar surface area (TPSA) is 46.3 Å². The standard InChI is InChI=1S/C12H24N2O.CH4/c1-10(2)14-8-6-11(7-9-14)4-3-5-12(13)15;/h10-11H,3-9H2,1-2H3,(H2,13,15);1H4. The van der Waals surface area contributed by atoms with Crippen LogP contribution in [0.3, 0.4) is 0 Å². The number of piperidine rings is 1. The lowest BCUT2D eigenvalue weighted by Crippen LogP contribution is -2.38. The molecule has 96 valence electrons. The summed E-state index contributed by atoms with van der Waals surface area (Å²) in [6, 6.07) is 0.677. The van der Waals surface area contributed by atoms with E-state index in [0.717, 1.165) is 12.3 Å². The molecule has 1 saturated heterocycles. The Morgan fingerprint density at radius 3 is 2.38 bits per heavy atom. The second kappa shape index (κ2) is 7.66. The van der Waals surface area contributed by atoms with Gasteiger partial charge in [-0.05, 0) is 58.5 Å². The summed E-state index contributed by atoms with van der Waals surface area (Å²) in [5.74, 6) is 0.661. The molecule has 0 aromatic rings. The van der Waals surface area contributed by atoms with Gasteiger partial charge in [0.1, 0.15) is 0 Å². The lowest BCUT2D eigenvalue weighted by molar-refractivity contribution is -0.118. The number of hydrogen-bond donors (Lipinski definition) is 1. The van der Waals surface area contributed by atoms with Gasteiger partial charge in [0.2, 0.25) is 5.91 Å². The lowest BCUT2D eigenvalue weighted by Gasteiger charge is -2.34. The third-order valence-corrected chi connectivity index (χ3v) is 3.41. The summed E-state index contributed by atoms with van der Waals surface area (Å²) in [4.78, 5) is 13.1. The van der Waals surface area contributed by atoms with E-state index in [2.05, 4.69) is 18.7 Å². The molecule has 1 amide bonds. The summed E-state index contributed by atoms with van der Waals surface area (Å²) in [5.41, 5.74) is 5.12. The van der Waals surface area contributed by atoms with E-state index in [9.17, 15) is 4.79 Å². The molecule has 3 nitrogen and oxygen atoms in total. The number of hydrogen-bond acceptors (Lipinski definition) is 2. The van der Waals surface area contributed by atoms with Crippen LogP contribution >= 0.6 is 0 Å². The molecule has 1 rings (SSSR count). The summed E-state index contributed by atoms with van der Waals surface area (Å²) in [6.07, 6.45) is 5.29. The minimum atomic E-state index is -0.158. The van der Waals surface area contributed by atoms with Crippen LogP contribution in [0.1, 0.15) is 53.4 Å². The van der Waals surface area contributed by atoms with Gasteiger partial charge in [-0.25, -0.2) is 0 Å². The Morgan fingerprint density at radius 2 is 1.94 bits per heavy atom. The molecule has 0 unspecified atom stereocenters. The molecule has 0 bridgehead atoms. The minimum Gasteiger partial charge on any atom is -0.370 e. The van der Waals surface area contributed by atoms with Crippen molar-refractivity contribution < 1.29 is 4.79 Å². The molecule has 16 heavy (non-hydrogen) atoms. The van der Waals surface area contributed by atoms with Crippen LogP contribution in [-0.4, -0.2) is 29.9 Å². The Morgan fingerprint density at radius 1 is 1.38 bits per heavy atom. The fourth-order valence-corrected chi connectivity index (χ4v) is 2.32. The van der Waals surface area contributed by atoms with Gasteiger partial charge in [0.25, 0.3) is 0 Å². The minimum absolute atomic E-state index is 0. The summed E-state index contributed by atoms with van der Waals surface area (Å²) in [6.45, 7) is 6.96. The first-order valence-corrected chi connectivity index (χ1v) is 6.12. The van der Waals surface area contributed by atoms with Crippen molar-refractivity contribution in [2.24, 2.45) is 11.7 Å². The van der Waals surface area contributed by atoms with Crippen LogP contribution in [0.15, 0.2) is 0 Å². The third-order valence-electron chi connectivity index (χ3n) is 3.41. The summed E-state index contributed by atoms with van der Waals surface area (Å²) in [7, 11) is 0. The van der Waals surface area contributed by atoms with Gasteiger partial charge in [0, 0.05) is 12.5 Å². The van der Waals surface area contributed by atoms with Crippen molar-refractivity contribution >= 4 is 5.91 Å². The highest BCUT2D eigenvalue weighted by Gasteiger charge is 2.20. The highest BCUT2D eigenvalue weighted by Crippen LogP contribution is 2.23. The van der Waals surface area contributed by atoms with Crippen LogP contribution < -0.4 is 5.73 Å². The number of rotatable bonds is 5. The number of primary amides is 1. The second-order valence-corrected chi connectivity index (χ2v) is 4.93. The maximum atomic E-state index is 10.6. The Labute approximate surface area is 100 Å². The number of amides is 1. The van der Waals surface area contributed by atoms with Gasteiger partial charge in [-0.1, -0.05) is 7.43 Å². The van der Waals surface area contributed by atoms with Crippen molar-refractivity contribution in [2.75, 3.05) is 13.1 Å². The van der Waals surface area contributed by atoms with Crippen molar-refractivity contribution in [3.63, 3.8) is 0 Å². The Balaban J connectivity index is 0.00000225. The fourth-order valence-electron chi connectivity index (χ4n) is 2.32. The van der Waals surface area contributed by atoms with Gasteiger partial charge in [-0.2, -0.15) is 0 Å². The van der Waals surface area contributed by atoms with Gasteiger partial charge < -0.3 is 10.6 Å². The normalized spacial score (nSPS) is 18.4. The van der Waals surface area contributed by atoms with Gasteiger partial charge in [0.15, 0.2) is 0 Å². The zero-order valence-corrected chi connectivity index (χ0v) is 10.0. The predicted octanol–water partition coefficient (Wildman–Crippen LogP) is 2.40. The molecule has 1 heterocycles. The molecule has 0 aromatic carbocycles. The third kappa shape index (κ3) is 5.50. The highest BCUT2D eigenvalue weighted by atomic mass is 16.1. The number of carbonyl (C=O) groups excluding carboxylic acids is 1. The first kappa shape index (κ1) is 15.4. The van der Waals surface area contributed by atoms with E-state index in [1.165, 1.54) is 32.4 Å². The average molecular weight is 228 g/mol. The molecule has 0 atom stereocenters. The van der Waals surface area contributed by atoms with E-state index < -0.39 is 0 Å². The second-order valence-electron chi connectivity index (χ2n) is 4.93. The van der Waals surface area contributed by atoms with Crippen LogP contribution in [0.2, 0.25) is 0 Å². The SMILES string of the molecule is C.CC(C)N1CCC(CCCC(N)=O)CC1. The van der Waals surface area contributed by atoms with Crippen LogP contribution in [-0.2, 0) is 4.79 Å². The van der Waals surface area contributed by atoms with Gasteiger partial charge >= 0.3 is 0 Å². The van der Waals surface area contributed by atoms with E-state index >= 15 is 0 Å². The first-order chi connectivity index (χ1) is 7.09. The monoisotopic (exact) mass is 228 g/mol. The summed E-state index contributed by atoms with van der Waals surface area (Å²) in [5, 5.41) is 0. The molecule has 1 fully saturated rings. The van der Waals surface area contributed by atoms with Gasteiger partial charge in [0.05, 0.1) is 0 Å². The summed E-state index contributed by atoms with van der Waals surface area (Å²) >= 11 is 0. The lowest BCUT2D eigenvalue weighted by atomic mass is 9.91. The molecule has 0 aromatic heterocycles. The molecule has 3 heteroatoms. The molecule has 0 saturated carbocycles. The number of nitrogens with two attached hydrogens (primary N) is 1. The maximum Gasteiger partial charge on any atom is 0.217 e. The van der Waals surface area contributed by atoms with Crippen LogP contribution in [0, 0.1) is 5.92 Å². The zero-order chi connectivity index (χ0) is 11.3. The van der Waals surface area contributed by atoms with E-state index in [4.69, 9.17) is 5.73 Å². The van der Waals surface area contributed by atoms with Crippen molar-refractivity contribution in [3.8, 4) is 0 Å². The largest absolute Gasteiger partial charge is 0.370 e. The molecule has 0 spiro atoms. The van der Waals surface area contributed by atoms with Crippen molar-refractivity contribution in [2.45, 2.75) is 59.4 Å². The quantitative estimate of drug-likeness (QED) is 0.785. The Bertz CT molecular complexity index is 196. The molecular formula is C13H28N2O. The zero-order valence-electron chi connectivity index (χ0n) is 10.0. The highest BCUT2D eigenvalue weighted by molar-refractivity contribution is 5.73. The number of nitrogens with zero attached hydrogens (tertiary/aromatic N) is 1. The van der Waals surface area contributed by atoms with Crippen molar-refractivity contribution in [1.29, 1.82) is 0 Å². The molecule has 0 aliphatic carbocycles. The first-order valence-electron chi connectivity index (χ1n) is 6.12. The summed E-state index contributed by atoms with van der Waals surface area (Å²) < 4.78 is 0. The Kier molecular flexibility index (Phi) is 7.39. The Hall–Kier alpha value is -0.570. The number of carbonyl (C=O) groups is 1. The van der Waals surface area contributed by atoms with Crippen LogP contribution in [0.4, 0.5) is 0 Å². The molecular weight excluding hydrogens is 200 g/mol. The van der Waals surface area contributed by atoms with Gasteiger partial charge in [-0.3, -0.25) is 4.79 Å². The predicted molar refractivity (Wildman–Crippen MR) is 69.2 cm³/mol. The maximum absolute atomic E-state index is 10.6. The van der Waals surface area contributed by atoms with E-state index in [0.29, 0.717) is 12.5 Å².